The first kappa shape index (κ1) is 19.5. The molecule has 1 aliphatic rings. The summed E-state index contributed by atoms with van der Waals surface area (Å²) in [6.07, 6.45) is 5.22. The average molecular weight is 415 g/mol. The maximum absolute atomic E-state index is 12.9. The molecule has 0 atom stereocenters. The molecule has 2 N–H and O–H groups in total. The van der Waals surface area contributed by atoms with Crippen molar-refractivity contribution in [2.75, 3.05) is 20.1 Å². The van der Waals surface area contributed by atoms with Crippen LogP contribution in [0.1, 0.15) is 23.3 Å². The number of nitrogens with zero attached hydrogens (tertiary/aromatic N) is 4. The zero-order chi connectivity index (χ0) is 21.5. The first-order valence-corrected chi connectivity index (χ1v) is 10.5. The van der Waals surface area contributed by atoms with E-state index in [1.165, 1.54) is 0 Å². The van der Waals surface area contributed by atoms with Crippen molar-refractivity contribution in [1.29, 1.82) is 0 Å². The molecular weight excluding hydrogens is 390 g/mol. The van der Waals surface area contributed by atoms with Gasteiger partial charge in [-0.25, -0.2) is 4.98 Å². The van der Waals surface area contributed by atoms with Gasteiger partial charge in [0.05, 0.1) is 16.6 Å². The number of aromatic nitrogens is 3. The summed E-state index contributed by atoms with van der Waals surface area (Å²) in [7, 11) is 4.03. The van der Waals surface area contributed by atoms with E-state index in [4.69, 9.17) is 0 Å². The van der Waals surface area contributed by atoms with E-state index in [0.717, 1.165) is 42.4 Å². The van der Waals surface area contributed by atoms with Crippen LogP contribution in [-0.2, 0) is 7.05 Å². The second kappa shape index (κ2) is 7.67. The molecular formula is C24H25N5O2. The molecule has 0 aliphatic carbocycles. The number of amides is 1. The minimum atomic E-state index is -0.0382. The Morgan fingerprint density at radius 2 is 1.94 bits per heavy atom. The molecule has 7 nitrogen and oxygen atoms in total. The summed E-state index contributed by atoms with van der Waals surface area (Å²) in [4.78, 5) is 23.9. The second-order valence-corrected chi connectivity index (χ2v) is 8.33. The third-order valence-electron chi connectivity index (χ3n) is 6.21. The van der Waals surface area contributed by atoms with Crippen molar-refractivity contribution in [3.63, 3.8) is 0 Å². The first-order chi connectivity index (χ1) is 15.0. The molecule has 0 unspecified atom stereocenters. The van der Waals surface area contributed by atoms with Gasteiger partial charge in [-0.2, -0.15) is 0 Å². The molecule has 1 amide bonds. The van der Waals surface area contributed by atoms with Gasteiger partial charge >= 0.3 is 0 Å². The van der Waals surface area contributed by atoms with Gasteiger partial charge in [0.25, 0.3) is 5.91 Å². The highest BCUT2D eigenvalue weighted by Crippen LogP contribution is 2.31. The third kappa shape index (κ3) is 3.61. The Bertz CT molecular complexity index is 1290. The second-order valence-electron chi connectivity index (χ2n) is 8.33. The van der Waals surface area contributed by atoms with E-state index < -0.39 is 0 Å². The van der Waals surface area contributed by atoms with E-state index in [2.05, 4.69) is 27.2 Å². The number of hydrogen-bond acceptors (Lipinski definition) is 5. The number of hydrogen-bond donors (Lipinski definition) is 2. The Morgan fingerprint density at radius 3 is 2.74 bits per heavy atom. The molecule has 0 radical (unpaired) electrons. The number of aromatic hydroxyl groups is 1. The number of aryl methyl sites for hydroxylation is 1. The van der Waals surface area contributed by atoms with Crippen LogP contribution in [0.25, 0.3) is 33.1 Å². The maximum Gasteiger partial charge on any atom is 0.268 e. The molecule has 1 saturated heterocycles. The molecule has 1 aromatic carbocycles. The third-order valence-corrected chi connectivity index (χ3v) is 6.21. The largest absolute Gasteiger partial charge is 0.507 e. The van der Waals surface area contributed by atoms with Crippen LogP contribution in [0.15, 0.2) is 48.8 Å². The minimum absolute atomic E-state index is 0.0382. The van der Waals surface area contributed by atoms with Crippen molar-refractivity contribution in [1.82, 2.24) is 24.8 Å². The van der Waals surface area contributed by atoms with E-state index in [9.17, 15) is 9.90 Å². The van der Waals surface area contributed by atoms with Crippen molar-refractivity contribution >= 4 is 27.7 Å². The fourth-order valence-corrected chi connectivity index (χ4v) is 4.34. The summed E-state index contributed by atoms with van der Waals surface area (Å²) in [5.74, 6) is 0.114. The van der Waals surface area contributed by atoms with E-state index in [1.54, 1.807) is 24.5 Å². The Kier molecular flexibility index (Phi) is 4.82. The van der Waals surface area contributed by atoms with Crippen molar-refractivity contribution < 1.29 is 9.90 Å². The van der Waals surface area contributed by atoms with Crippen LogP contribution in [0.4, 0.5) is 0 Å². The minimum Gasteiger partial charge on any atom is -0.507 e. The number of nitrogens with one attached hydrogen (secondary N) is 1. The number of pyridine rings is 2. The molecule has 7 heteroatoms. The smallest absolute Gasteiger partial charge is 0.268 e. The van der Waals surface area contributed by atoms with Crippen LogP contribution in [-0.4, -0.2) is 56.6 Å². The van der Waals surface area contributed by atoms with Gasteiger partial charge in [0.1, 0.15) is 11.4 Å². The fourth-order valence-electron chi connectivity index (χ4n) is 4.34. The first-order valence-electron chi connectivity index (χ1n) is 10.5. The van der Waals surface area contributed by atoms with Crippen LogP contribution < -0.4 is 5.32 Å². The highest BCUT2D eigenvalue weighted by atomic mass is 16.3. The summed E-state index contributed by atoms with van der Waals surface area (Å²) in [5, 5.41) is 15.2. The predicted octanol–water partition coefficient (Wildman–Crippen LogP) is 3.32. The summed E-state index contributed by atoms with van der Waals surface area (Å²) < 4.78 is 1.93. The van der Waals surface area contributed by atoms with E-state index in [1.807, 2.05) is 35.9 Å². The van der Waals surface area contributed by atoms with Crippen LogP contribution in [0, 0.1) is 0 Å². The Labute approximate surface area is 180 Å². The Morgan fingerprint density at radius 1 is 1.13 bits per heavy atom. The molecule has 0 spiro atoms. The quantitative estimate of drug-likeness (QED) is 0.536. The molecule has 3 aromatic heterocycles. The molecule has 4 aromatic rings. The SMILES string of the molecule is CN1CCC(NC(=O)c2cc3cc(-c4cc(O)c5cnccc5n4)ccc3n2C)CC1. The predicted molar refractivity (Wildman–Crippen MR) is 121 cm³/mol. The lowest BCUT2D eigenvalue weighted by atomic mass is 10.1. The Balaban J connectivity index is 1.46. The number of fused-ring (bicyclic) bond motifs is 2. The molecule has 5 rings (SSSR count). The normalized spacial score (nSPS) is 15.5. The number of piperidine rings is 1. The summed E-state index contributed by atoms with van der Waals surface area (Å²) in [6.45, 7) is 2.01. The molecule has 4 heterocycles. The lowest BCUT2D eigenvalue weighted by Crippen LogP contribution is -2.43. The molecule has 0 bridgehead atoms. The van der Waals surface area contributed by atoms with Gasteiger partial charge < -0.3 is 19.9 Å². The highest BCUT2D eigenvalue weighted by molar-refractivity contribution is 6.00. The van der Waals surface area contributed by atoms with Crippen molar-refractivity contribution in [3.8, 4) is 17.0 Å². The van der Waals surface area contributed by atoms with Gasteiger partial charge in [0, 0.05) is 48.0 Å². The summed E-state index contributed by atoms with van der Waals surface area (Å²) in [6, 6.07) is 11.6. The van der Waals surface area contributed by atoms with Crippen molar-refractivity contribution in [3.05, 3.63) is 54.5 Å². The van der Waals surface area contributed by atoms with Gasteiger partial charge in [0.2, 0.25) is 0 Å². The van der Waals surface area contributed by atoms with E-state index >= 15 is 0 Å². The van der Waals surface area contributed by atoms with Gasteiger partial charge in [-0.1, -0.05) is 6.07 Å². The zero-order valence-electron chi connectivity index (χ0n) is 17.7. The lowest BCUT2D eigenvalue weighted by Gasteiger charge is -2.29. The molecule has 1 aliphatic heterocycles. The number of carbonyl (C=O) groups is 1. The molecule has 158 valence electrons. The number of rotatable bonds is 3. The molecule has 31 heavy (non-hydrogen) atoms. The van der Waals surface area contributed by atoms with Crippen LogP contribution >= 0.6 is 0 Å². The topological polar surface area (TPSA) is 83.3 Å². The van der Waals surface area contributed by atoms with Gasteiger partial charge in [0.15, 0.2) is 0 Å². The number of likely N-dealkylation sites (tertiary alicyclic amines) is 1. The zero-order valence-corrected chi connectivity index (χ0v) is 17.7. The van der Waals surface area contributed by atoms with Crippen LogP contribution in [0.3, 0.4) is 0 Å². The van der Waals surface area contributed by atoms with E-state index in [-0.39, 0.29) is 17.7 Å². The van der Waals surface area contributed by atoms with Crippen LogP contribution in [0.5, 0.6) is 5.75 Å². The van der Waals surface area contributed by atoms with Crippen molar-refractivity contribution in [2.45, 2.75) is 18.9 Å². The highest BCUT2D eigenvalue weighted by Gasteiger charge is 2.21. The summed E-state index contributed by atoms with van der Waals surface area (Å²) in [5.41, 5.74) is 3.88. The standard InChI is InChI=1S/C24H25N5O2/c1-28-9-6-17(7-10-28)26-24(31)22-12-16-11-15(3-4-21(16)29(22)2)20-13-23(30)18-14-25-8-5-19(18)27-20/h3-5,8,11-14,17H,6-7,9-10H2,1-2H3,(H,26,31)(H,27,30). The number of carbonyl (C=O) groups excluding carboxylic acids is 1. The van der Waals surface area contributed by atoms with Gasteiger partial charge in [-0.05, 0) is 57.2 Å². The maximum atomic E-state index is 12.9. The van der Waals surface area contributed by atoms with Gasteiger partial charge in [-0.15, -0.1) is 0 Å². The number of benzene rings is 1. The van der Waals surface area contributed by atoms with Crippen molar-refractivity contribution in [2.24, 2.45) is 7.05 Å². The van der Waals surface area contributed by atoms with E-state index in [0.29, 0.717) is 22.3 Å². The van der Waals surface area contributed by atoms with Gasteiger partial charge in [-0.3, -0.25) is 9.78 Å². The average Bonchev–Trinajstić information content (AvgIpc) is 3.11. The van der Waals surface area contributed by atoms with Crippen LogP contribution in [0.2, 0.25) is 0 Å². The summed E-state index contributed by atoms with van der Waals surface area (Å²) >= 11 is 0. The molecule has 1 fully saturated rings. The monoisotopic (exact) mass is 415 g/mol. The fraction of sp³-hybridized carbons (Fsp3) is 0.292. The Hall–Kier alpha value is -3.45. The lowest BCUT2D eigenvalue weighted by molar-refractivity contribution is 0.0909. The molecule has 0 saturated carbocycles.